The molecule has 0 radical (unpaired) electrons. The van der Waals surface area contributed by atoms with Crippen LogP contribution in [0.1, 0.15) is 5.69 Å². The topological polar surface area (TPSA) is 115 Å². The zero-order valence-electron chi connectivity index (χ0n) is 10.0. The summed E-state index contributed by atoms with van der Waals surface area (Å²) in [5, 5.41) is 18.0. The number of nitro groups is 1. The first-order valence-electron chi connectivity index (χ1n) is 5.40. The fourth-order valence-corrected chi connectivity index (χ4v) is 1.46. The number of hydrogen-bond acceptors (Lipinski definition) is 5. The molecule has 0 bridgehead atoms. The van der Waals surface area contributed by atoms with Gasteiger partial charge >= 0.3 is 5.69 Å². The smallest absolute Gasteiger partial charge is 0.314 e. The van der Waals surface area contributed by atoms with Gasteiger partial charge in [0.25, 0.3) is 0 Å². The van der Waals surface area contributed by atoms with Gasteiger partial charge in [-0.05, 0) is 18.2 Å². The van der Waals surface area contributed by atoms with Crippen LogP contribution < -0.4 is 10.5 Å². The van der Waals surface area contributed by atoms with Gasteiger partial charge in [-0.1, -0.05) is 6.07 Å². The van der Waals surface area contributed by atoms with Crippen molar-refractivity contribution in [3.05, 3.63) is 58.2 Å². The van der Waals surface area contributed by atoms with Crippen LogP contribution in [0.15, 0.2) is 36.5 Å². The molecule has 0 aliphatic heterocycles. The van der Waals surface area contributed by atoms with Crippen molar-refractivity contribution in [3.63, 3.8) is 0 Å². The third-order valence-corrected chi connectivity index (χ3v) is 2.38. The molecule has 0 saturated carbocycles. The van der Waals surface area contributed by atoms with Crippen molar-refractivity contribution in [1.29, 1.82) is 5.41 Å². The summed E-state index contributed by atoms with van der Waals surface area (Å²) in [6.45, 7) is 0. The van der Waals surface area contributed by atoms with Crippen molar-refractivity contribution in [1.82, 2.24) is 4.98 Å². The maximum Gasteiger partial charge on any atom is 0.314 e. The van der Waals surface area contributed by atoms with Gasteiger partial charge in [0, 0.05) is 6.07 Å². The van der Waals surface area contributed by atoms with Crippen molar-refractivity contribution in [2.75, 3.05) is 0 Å². The molecule has 0 unspecified atom stereocenters. The summed E-state index contributed by atoms with van der Waals surface area (Å²) in [5.74, 6) is -1.47. The highest BCUT2D eigenvalue weighted by molar-refractivity contribution is 5.92. The number of aromatic nitrogens is 1. The summed E-state index contributed by atoms with van der Waals surface area (Å²) >= 11 is 0. The van der Waals surface area contributed by atoms with E-state index in [0.29, 0.717) is 0 Å². The van der Waals surface area contributed by atoms with Crippen LogP contribution in [0.3, 0.4) is 0 Å². The van der Waals surface area contributed by atoms with Crippen LogP contribution in [0.25, 0.3) is 0 Å². The molecular weight excluding hydrogens is 267 g/mol. The minimum atomic E-state index is -0.852. The molecule has 0 fully saturated rings. The lowest BCUT2D eigenvalue weighted by atomic mass is 10.3. The first-order valence-corrected chi connectivity index (χ1v) is 5.40. The molecule has 102 valence electrons. The molecule has 0 amide bonds. The van der Waals surface area contributed by atoms with E-state index in [-0.39, 0.29) is 17.3 Å². The summed E-state index contributed by atoms with van der Waals surface area (Å²) in [6, 6.07) is 6.19. The molecule has 0 saturated heterocycles. The molecule has 2 rings (SSSR count). The van der Waals surface area contributed by atoms with Gasteiger partial charge < -0.3 is 10.5 Å². The van der Waals surface area contributed by atoms with Crippen LogP contribution in [0.4, 0.5) is 10.1 Å². The van der Waals surface area contributed by atoms with Crippen molar-refractivity contribution in [2.45, 2.75) is 0 Å². The molecule has 0 atom stereocenters. The molecule has 0 aliphatic rings. The molecule has 8 heteroatoms. The lowest BCUT2D eigenvalue weighted by Crippen LogP contribution is -2.12. The van der Waals surface area contributed by atoms with E-state index < -0.39 is 22.2 Å². The minimum Gasteiger partial charge on any atom is -0.445 e. The molecule has 7 nitrogen and oxygen atoms in total. The van der Waals surface area contributed by atoms with Crippen LogP contribution in [-0.4, -0.2) is 15.7 Å². The summed E-state index contributed by atoms with van der Waals surface area (Å²) in [4.78, 5) is 13.9. The van der Waals surface area contributed by atoms with Gasteiger partial charge in [-0.3, -0.25) is 15.5 Å². The Morgan fingerprint density at radius 3 is 2.70 bits per heavy atom. The van der Waals surface area contributed by atoms with Gasteiger partial charge in [-0.15, -0.1) is 0 Å². The van der Waals surface area contributed by atoms with E-state index in [9.17, 15) is 14.5 Å². The Morgan fingerprint density at radius 1 is 1.40 bits per heavy atom. The van der Waals surface area contributed by atoms with Crippen LogP contribution >= 0.6 is 0 Å². The summed E-state index contributed by atoms with van der Waals surface area (Å²) < 4.78 is 18.7. The molecule has 1 aromatic carbocycles. The number of nitrogens with one attached hydrogen (secondary N) is 1. The van der Waals surface area contributed by atoms with Gasteiger partial charge in [-0.2, -0.15) is 0 Å². The molecule has 1 aromatic heterocycles. The molecule has 1 heterocycles. The number of pyridine rings is 1. The average molecular weight is 276 g/mol. The van der Waals surface area contributed by atoms with Crippen LogP contribution in [0.2, 0.25) is 0 Å². The van der Waals surface area contributed by atoms with Gasteiger partial charge in [0.1, 0.15) is 17.3 Å². The van der Waals surface area contributed by atoms with E-state index in [1.807, 2.05) is 0 Å². The van der Waals surface area contributed by atoms with Crippen molar-refractivity contribution in [3.8, 4) is 11.5 Å². The molecule has 0 spiro atoms. The van der Waals surface area contributed by atoms with E-state index in [1.165, 1.54) is 24.4 Å². The monoisotopic (exact) mass is 276 g/mol. The maximum atomic E-state index is 13.6. The number of benzene rings is 1. The summed E-state index contributed by atoms with van der Waals surface area (Å²) in [6.07, 6.45) is 1.20. The van der Waals surface area contributed by atoms with E-state index in [1.54, 1.807) is 0 Å². The number of ether oxygens (including phenoxy) is 1. The van der Waals surface area contributed by atoms with Crippen molar-refractivity contribution >= 4 is 11.5 Å². The third kappa shape index (κ3) is 2.69. The quantitative estimate of drug-likeness (QED) is 0.384. The number of nitro benzene ring substituents is 1. The van der Waals surface area contributed by atoms with Gasteiger partial charge in [0.15, 0.2) is 5.82 Å². The summed E-state index contributed by atoms with van der Waals surface area (Å²) in [5.41, 5.74) is 4.97. The molecule has 3 N–H and O–H groups in total. The number of para-hydroxylation sites is 1. The molecular formula is C12H9FN4O3. The highest BCUT2D eigenvalue weighted by atomic mass is 19.1. The standard InChI is InChI=1S/C12H9FN4O3/c13-8-2-1-3-10(17(18)19)11(8)20-7-4-5-9(12(14)15)16-6-7/h1-6H,(H3,14,15). The molecule has 2 aromatic rings. The van der Waals surface area contributed by atoms with Crippen LogP contribution in [0, 0.1) is 21.3 Å². The Bertz CT molecular complexity index is 673. The average Bonchev–Trinajstić information content (AvgIpc) is 2.41. The number of nitrogens with zero attached hydrogens (tertiary/aromatic N) is 2. The van der Waals surface area contributed by atoms with Gasteiger partial charge in [-0.25, -0.2) is 9.37 Å². The number of nitrogen functional groups attached to an aromatic ring is 1. The predicted molar refractivity (Wildman–Crippen MR) is 68.4 cm³/mol. The molecule has 20 heavy (non-hydrogen) atoms. The number of amidine groups is 1. The Kier molecular flexibility index (Phi) is 3.56. The second kappa shape index (κ2) is 5.31. The van der Waals surface area contributed by atoms with Crippen molar-refractivity contribution in [2.24, 2.45) is 5.73 Å². The predicted octanol–water partition coefficient (Wildman–Crippen LogP) is 2.21. The second-order valence-electron chi connectivity index (χ2n) is 3.74. The van der Waals surface area contributed by atoms with E-state index in [2.05, 4.69) is 4.98 Å². The fraction of sp³-hybridized carbons (Fsp3) is 0. The molecule has 0 aliphatic carbocycles. The first-order chi connectivity index (χ1) is 9.49. The Balaban J connectivity index is 2.34. The zero-order valence-corrected chi connectivity index (χ0v) is 10.0. The van der Waals surface area contributed by atoms with Crippen molar-refractivity contribution < 1.29 is 14.1 Å². The van der Waals surface area contributed by atoms with Gasteiger partial charge in [0.05, 0.1) is 11.1 Å². The number of hydrogen-bond donors (Lipinski definition) is 2. The third-order valence-electron chi connectivity index (χ3n) is 2.38. The Hall–Kier alpha value is -3.03. The SMILES string of the molecule is N=C(N)c1ccc(Oc2c(F)cccc2[N+](=O)[O-])cn1. The normalized spacial score (nSPS) is 10.1. The Labute approximate surface area is 112 Å². The minimum absolute atomic E-state index is 0.100. The second-order valence-corrected chi connectivity index (χ2v) is 3.74. The van der Waals surface area contributed by atoms with Gasteiger partial charge in [0.2, 0.25) is 5.75 Å². The number of halogens is 1. The lowest BCUT2D eigenvalue weighted by molar-refractivity contribution is -0.385. The van der Waals surface area contributed by atoms with E-state index >= 15 is 0 Å². The highest BCUT2D eigenvalue weighted by Gasteiger charge is 2.20. The fourth-order valence-electron chi connectivity index (χ4n) is 1.46. The van der Waals surface area contributed by atoms with E-state index in [4.69, 9.17) is 15.9 Å². The van der Waals surface area contributed by atoms with Crippen LogP contribution in [-0.2, 0) is 0 Å². The number of rotatable bonds is 4. The van der Waals surface area contributed by atoms with Crippen LogP contribution in [0.5, 0.6) is 11.5 Å². The first kappa shape index (κ1) is 13.4. The largest absolute Gasteiger partial charge is 0.445 e. The van der Waals surface area contributed by atoms with E-state index in [0.717, 1.165) is 12.1 Å². The summed E-state index contributed by atoms with van der Waals surface area (Å²) in [7, 11) is 0. The maximum absolute atomic E-state index is 13.6. The highest BCUT2D eigenvalue weighted by Crippen LogP contribution is 2.33. The zero-order chi connectivity index (χ0) is 14.7. The Morgan fingerprint density at radius 2 is 2.15 bits per heavy atom. The number of nitrogens with two attached hydrogens (primary N) is 1. The lowest BCUT2D eigenvalue weighted by Gasteiger charge is -2.07.